The molecule has 0 bridgehead atoms. The topological polar surface area (TPSA) is 81.7 Å². The number of aromatic nitrogens is 3. The monoisotopic (exact) mass is 491 g/mol. The molecular weight excluding hydrogens is 450 g/mol. The molecule has 1 aromatic carbocycles. The molecule has 3 aromatic rings. The fraction of sp³-hybridized carbons (Fsp3) is 0.536. The fourth-order valence-corrected chi connectivity index (χ4v) is 4.76. The molecule has 0 saturated carbocycles. The minimum Gasteiger partial charge on any atom is -0.462 e. The molecule has 2 N–H and O–H groups in total. The molecular formula is C28H41N7O. The Morgan fingerprint density at radius 2 is 1.86 bits per heavy atom. The lowest BCUT2D eigenvalue weighted by atomic mass is 10.1. The lowest BCUT2D eigenvalue weighted by Crippen LogP contribution is -2.33. The molecule has 0 aliphatic carbocycles. The van der Waals surface area contributed by atoms with Crippen LogP contribution in [0.2, 0.25) is 0 Å². The summed E-state index contributed by atoms with van der Waals surface area (Å²) in [6, 6.07) is 8.65. The smallest absolute Gasteiger partial charge is 0.319 e. The summed E-state index contributed by atoms with van der Waals surface area (Å²) in [4.78, 5) is 17.6. The van der Waals surface area contributed by atoms with Gasteiger partial charge in [0.05, 0.1) is 17.6 Å². The van der Waals surface area contributed by atoms with Crippen LogP contribution in [0.4, 0.5) is 11.5 Å². The van der Waals surface area contributed by atoms with Crippen LogP contribution in [0.15, 0.2) is 29.4 Å². The van der Waals surface area contributed by atoms with Gasteiger partial charge >= 0.3 is 6.01 Å². The number of anilines is 2. The second-order valence-corrected chi connectivity index (χ2v) is 9.68. The summed E-state index contributed by atoms with van der Waals surface area (Å²) >= 11 is 0. The van der Waals surface area contributed by atoms with Crippen molar-refractivity contribution in [2.45, 2.75) is 59.8 Å². The second-order valence-electron chi connectivity index (χ2n) is 9.68. The van der Waals surface area contributed by atoms with Crippen molar-refractivity contribution >= 4 is 28.6 Å². The van der Waals surface area contributed by atoms with E-state index in [4.69, 9.17) is 9.72 Å². The number of hydrazone groups is 1. The van der Waals surface area contributed by atoms with Gasteiger partial charge < -0.3 is 14.6 Å². The first-order valence-corrected chi connectivity index (χ1v) is 13.4. The van der Waals surface area contributed by atoms with Crippen molar-refractivity contribution in [2.24, 2.45) is 5.10 Å². The van der Waals surface area contributed by atoms with Crippen LogP contribution in [0.1, 0.15) is 62.9 Å². The Morgan fingerprint density at radius 1 is 1.08 bits per heavy atom. The molecule has 2 aromatic heterocycles. The van der Waals surface area contributed by atoms with Gasteiger partial charge in [0.15, 0.2) is 0 Å². The van der Waals surface area contributed by atoms with Crippen LogP contribution in [0.3, 0.4) is 0 Å². The number of aryl methyl sites for hydroxylation is 2. The number of H-pyrrole nitrogens is 1. The summed E-state index contributed by atoms with van der Waals surface area (Å²) in [5.41, 5.74) is 8.41. The number of ether oxygens (including phenoxy) is 1. The van der Waals surface area contributed by atoms with E-state index >= 15 is 0 Å². The van der Waals surface area contributed by atoms with Crippen molar-refractivity contribution in [1.82, 2.24) is 19.9 Å². The second kappa shape index (κ2) is 12.7. The van der Waals surface area contributed by atoms with Gasteiger partial charge in [-0.15, -0.1) is 0 Å². The molecule has 1 aliphatic heterocycles. The van der Waals surface area contributed by atoms with Crippen molar-refractivity contribution in [3.8, 4) is 6.01 Å². The molecule has 8 nitrogen and oxygen atoms in total. The molecule has 1 saturated heterocycles. The maximum absolute atomic E-state index is 6.05. The summed E-state index contributed by atoms with van der Waals surface area (Å²) in [7, 11) is 0. The van der Waals surface area contributed by atoms with Gasteiger partial charge in [-0.2, -0.15) is 15.1 Å². The molecule has 8 heteroatoms. The highest BCUT2D eigenvalue weighted by Crippen LogP contribution is 2.24. The zero-order chi connectivity index (χ0) is 25.3. The first-order chi connectivity index (χ1) is 17.6. The zero-order valence-electron chi connectivity index (χ0n) is 22.3. The minimum absolute atomic E-state index is 0.419. The van der Waals surface area contributed by atoms with Crippen LogP contribution < -0.4 is 15.1 Å². The summed E-state index contributed by atoms with van der Waals surface area (Å²) in [6.45, 7) is 14.3. The van der Waals surface area contributed by atoms with Gasteiger partial charge in [0.2, 0.25) is 0 Å². The maximum Gasteiger partial charge on any atom is 0.319 e. The number of rotatable bonds is 12. The number of aromatic amines is 1. The number of likely N-dealkylation sites (tertiary alicyclic amines) is 1. The molecule has 3 heterocycles. The van der Waals surface area contributed by atoms with Gasteiger partial charge in [0.1, 0.15) is 12.4 Å². The van der Waals surface area contributed by atoms with Gasteiger partial charge in [-0.25, -0.2) is 0 Å². The molecule has 0 atom stereocenters. The van der Waals surface area contributed by atoms with E-state index in [9.17, 15) is 0 Å². The Bertz CT molecular complexity index is 1140. The van der Waals surface area contributed by atoms with Crippen LogP contribution in [0, 0.1) is 13.8 Å². The van der Waals surface area contributed by atoms with Gasteiger partial charge in [-0.1, -0.05) is 20.3 Å². The summed E-state index contributed by atoms with van der Waals surface area (Å²) < 4.78 is 6.05. The number of hydrogen-bond acceptors (Lipinski definition) is 7. The highest BCUT2D eigenvalue weighted by atomic mass is 16.5. The maximum atomic E-state index is 6.05. The van der Waals surface area contributed by atoms with Crippen LogP contribution in [0.5, 0.6) is 6.01 Å². The van der Waals surface area contributed by atoms with Gasteiger partial charge in [-0.05, 0) is 76.4 Å². The molecule has 194 valence electrons. The van der Waals surface area contributed by atoms with Crippen molar-refractivity contribution in [3.63, 3.8) is 0 Å². The average molecular weight is 492 g/mol. The first-order valence-electron chi connectivity index (χ1n) is 13.4. The van der Waals surface area contributed by atoms with Gasteiger partial charge in [0, 0.05) is 42.3 Å². The Balaban J connectivity index is 1.49. The van der Waals surface area contributed by atoms with Gasteiger partial charge in [0.25, 0.3) is 0 Å². The van der Waals surface area contributed by atoms with E-state index in [1.165, 1.54) is 35.9 Å². The number of benzene rings is 1. The van der Waals surface area contributed by atoms with E-state index in [2.05, 4.69) is 70.1 Å². The summed E-state index contributed by atoms with van der Waals surface area (Å²) in [5.74, 6) is 0.892. The lowest BCUT2D eigenvalue weighted by Gasteiger charge is -2.26. The SMILES string of the molecule is CCCN(CCC)c1cc(/C=N/Nc2ccc3[nH]c(C)c(C)c3c2)nc(OCCN2CCCCC2)n1. The fourth-order valence-electron chi connectivity index (χ4n) is 4.76. The Hall–Kier alpha value is -3.13. The van der Waals surface area contributed by atoms with Gasteiger partial charge in [-0.3, -0.25) is 10.3 Å². The van der Waals surface area contributed by atoms with Crippen molar-refractivity contribution in [1.29, 1.82) is 0 Å². The molecule has 1 fully saturated rings. The Kier molecular flexibility index (Phi) is 9.17. The molecule has 0 unspecified atom stereocenters. The number of fused-ring (bicyclic) bond motifs is 1. The van der Waals surface area contributed by atoms with Crippen molar-refractivity contribution < 1.29 is 4.74 Å². The Morgan fingerprint density at radius 3 is 2.61 bits per heavy atom. The highest BCUT2D eigenvalue weighted by Gasteiger charge is 2.13. The van der Waals surface area contributed by atoms with Crippen LogP contribution in [-0.4, -0.2) is 65.4 Å². The molecule has 4 rings (SSSR count). The first kappa shape index (κ1) is 25.9. The third-order valence-corrected chi connectivity index (χ3v) is 6.81. The van der Waals surface area contributed by atoms with Crippen LogP contribution >= 0.6 is 0 Å². The summed E-state index contributed by atoms with van der Waals surface area (Å²) in [6.07, 6.45) is 7.75. The molecule has 1 aliphatic rings. The molecule has 0 spiro atoms. The third kappa shape index (κ3) is 6.75. The number of nitrogens with zero attached hydrogens (tertiary/aromatic N) is 5. The largest absolute Gasteiger partial charge is 0.462 e. The Labute approximate surface area is 215 Å². The highest BCUT2D eigenvalue weighted by molar-refractivity contribution is 5.87. The van der Waals surface area contributed by atoms with E-state index < -0.39 is 0 Å². The third-order valence-electron chi connectivity index (χ3n) is 6.81. The number of nitrogens with one attached hydrogen (secondary N) is 2. The van der Waals surface area contributed by atoms with E-state index in [0.717, 1.165) is 68.3 Å². The van der Waals surface area contributed by atoms with E-state index in [-0.39, 0.29) is 0 Å². The average Bonchev–Trinajstić information content (AvgIpc) is 3.17. The normalized spacial score (nSPS) is 14.6. The molecule has 36 heavy (non-hydrogen) atoms. The lowest BCUT2D eigenvalue weighted by molar-refractivity contribution is 0.177. The summed E-state index contributed by atoms with van der Waals surface area (Å²) in [5, 5.41) is 5.69. The number of piperidine rings is 1. The zero-order valence-corrected chi connectivity index (χ0v) is 22.3. The molecule has 0 amide bonds. The standard InChI is InChI=1S/C28H41N7O/c1-5-12-35(13-6-2)27-19-24(31-28(32-27)36-17-16-34-14-8-7-9-15-34)20-29-33-23-10-11-26-25(18-23)21(3)22(4)30-26/h10-11,18-20,30,33H,5-9,12-17H2,1-4H3/b29-20+. The quantitative estimate of drug-likeness (QED) is 0.257. The van der Waals surface area contributed by atoms with E-state index in [1.807, 2.05) is 12.1 Å². The molecule has 0 radical (unpaired) electrons. The predicted molar refractivity (Wildman–Crippen MR) is 150 cm³/mol. The minimum atomic E-state index is 0.419. The number of hydrogen-bond donors (Lipinski definition) is 2. The van der Waals surface area contributed by atoms with Crippen LogP contribution in [-0.2, 0) is 0 Å². The van der Waals surface area contributed by atoms with E-state index in [0.29, 0.717) is 12.6 Å². The van der Waals surface area contributed by atoms with Crippen molar-refractivity contribution in [2.75, 3.05) is 49.7 Å². The predicted octanol–water partition coefficient (Wildman–Crippen LogP) is 5.51. The van der Waals surface area contributed by atoms with Crippen molar-refractivity contribution in [3.05, 3.63) is 41.2 Å². The van der Waals surface area contributed by atoms with Crippen LogP contribution in [0.25, 0.3) is 10.9 Å². The van der Waals surface area contributed by atoms with E-state index in [1.54, 1.807) is 6.21 Å².